The lowest BCUT2D eigenvalue weighted by molar-refractivity contribution is 0.919. The lowest BCUT2D eigenvalue weighted by atomic mass is 9.94. The van der Waals surface area contributed by atoms with Crippen molar-refractivity contribution in [2.75, 3.05) is 0 Å². The summed E-state index contributed by atoms with van der Waals surface area (Å²) in [6.07, 6.45) is 6.39. The molecule has 7 rings (SSSR count). The summed E-state index contributed by atoms with van der Waals surface area (Å²) in [6.45, 7) is 0.741. The van der Waals surface area contributed by atoms with Gasteiger partial charge in [-0.05, 0) is 65.1 Å². The van der Waals surface area contributed by atoms with E-state index in [1.54, 1.807) is 0 Å². The van der Waals surface area contributed by atoms with Gasteiger partial charge in [-0.3, -0.25) is 4.99 Å². The lowest BCUT2D eigenvalue weighted by Gasteiger charge is -2.12. The first-order valence-electron chi connectivity index (χ1n) is 9.10. The summed E-state index contributed by atoms with van der Waals surface area (Å²) in [5.74, 6) is 0. The van der Waals surface area contributed by atoms with Crippen LogP contribution in [0.1, 0.15) is 33.4 Å². The van der Waals surface area contributed by atoms with Gasteiger partial charge in [0.15, 0.2) is 0 Å². The second kappa shape index (κ2) is 7.48. The van der Waals surface area contributed by atoms with Crippen molar-refractivity contribution in [3.8, 4) is 0 Å². The van der Waals surface area contributed by atoms with Crippen LogP contribution < -0.4 is 0 Å². The van der Waals surface area contributed by atoms with Crippen LogP contribution in [0.3, 0.4) is 0 Å². The van der Waals surface area contributed by atoms with Crippen LogP contribution in [-0.2, 0) is 32.2 Å². The predicted octanol–water partition coefficient (Wildman–Crippen LogP) is 5.19. The number of hydrogen-bond acceptors (Lipinski definition) is 1. The Bertz CT molecular complexity index is 860. The molecule has 3 aromatic carbocycles. The number of rotatable bonds is 3. The van der Waals surface area contributed by atoms with Crippen molar-refractivity contribution in [1.29, 1.82) is 0 Å². The summed E-state index contributed by atoms with van der Waals surface area (Å²) in [6, 6.07) is 26.5. The van der Waals surface area contributed by atoms with Crippen molar-refractivity contribution in [3.63, 3.8) is 0 Å². The standard InChI is InChI=1S/C24H23N/c1-2-4-22(5-3-1)17-25-18-24-16-21-11-10-19-6-8-20(9-7-19)12-14-23(24)15-13-21/h1-9,13,15-16,18H,10-12,14,17H2. The highest BCUT2D eigenvalue weighted by atomic mass is 14.7. The van der Waals surface area contributed by atoms with Crippen molar-refractivity contribution < 1.29 is 0 Å². The van der Waals surface area contributed by atoms with E-state index in [0.29, 0.717) is 0 Å². The number of aliphatic imine (C=N–C) groups is 1. The van der Waals surface area contributed by atoms with Gasteiger partial charge in [0, 0.05) is 6.21 Å². The molecule has 124 valence electrons. The average molecular weight is 325 g/mol. The third-order valence-corrected chi connectivity index (χ3v) is 4.97. The molecule has 0 atom stereocenters. The third-order valence-electron chi connectivity index (χ3n) is 4.97. The maximum absolute atomic E-state index is 4.70. The van der Waals surface area contributed by atoms with Gasteiger partial charge in [-0.15, -0.1) is 0 Å². The van der Waals surface area contributed by atoms with Gasteiger partial charge >= 0.3 is 0 Å². The first kappa shape index (κ1) is 15.8. The van der Waals surface area contributed by atoms with Crippen LogP contribution in [0.5, 0.6) is 0 Å². The monoisotopic (exact) mass is 325 g/mol. The summed E-state index contributed by atoms with van der Waals surface area (Å²) >= 11 is 0. The van der Waals surface area contributed by atoms with Gasteiger partial charge in [0.2, 0.25) is 0 Å². The molecule has 3 aromatic rings. The van der Waals surface area contributed by atoms with Crippen LogP contribution in [0.4, 0.5) is 0 Å². The van der Waals surface area contributed by atoms with Gasteiger partial charge in [-0.1, -0.05) is 66.7 Å². The van der Waals surface area contributed by atoms with Gasteiger partial charge in [-0.2, -0.15) is 0 Å². The van der Waals surface area contributed by atoms with Crippen LogP contribution in [-0.4, -0.2) is 6.21 Å². The third kappa shape index (κ3) is 4.06. The second-order valence-corrected chi connectivity index (χ2v) is 6.81. The Morgan fingerprint density at radius 2 is 1.32 bits per heavy atom. The molecule has 1 heteroatoms. The molecule has 0 N–H and O–H groups in total. The van der Waals surface area contributed by atoms with E-state index in [2.05, 4.69) is 72.9 Å². The molecular formula is C24H23N. The molecule has 4 aliphatic carbocycles. The van der Waals surface area contributed by atoms with Crippen molar-refractivity contribution in [2.45, 2.75) is 32.2 Å². The Morgan fingerprint density at radius 1 is 0.680 bits per heavy atom. The Morgan fingerprint density at radius 3 is 2.08 bits per heavy atom. The molecule has 0 amide bonds. The Kier molecular flexibility index (Phi) is 4.74. The molecule has 0 aromatic heterocycles. The fourth-order valence-corrected chi connectivity index (χ4v) is 3.42. The zero-order valence-corrected chi connectivity index (χ0v) is 14.5. The van der Waals surface area contributed by atoms with Gasteiger partial charge < -0.3 is 0 Å². The maximum atomic E-state index is 4.70. The van der Waals surface area contributed by atoms with Crippen LogP contribution in [0.2, 0.25) is 0 Å². The van der Waals surface area contributed by atoms with Gasteiger partial charge in [0.25, 0.3) is 0 Å². The number of nitrogens with zero attached hydrogens (tertiary/aromatic N) is 1. The highest BCUT2D eigenvalue weighted by molar-refractivity contribution is 5.82. The zero-order valence-electron chi connectivity index (χ0n) is 14.5. The normalized spacial score (nSPS) is 13.8. The first-order valence-corrected chi connectivity index (χ1v) is 9.10. The second-order valence-electron chi connectivity index (χ2n) is 6.81. The van der Waals surface area contributed by atoms with Crippen molar-refractivity contribution in [2.24, 2.45) is 4.99 Å². The van der Waals surface area contributed by atoms with E-state index < -0.39 is 0 Å². The molecule has 1 nitrogen and oxygen atoms in total. The fraction of sp³-hybridized carbons (Fsp3) is 0.208. The van der Waals surface area contributed by atoms with Crippen LogP contribution in [0.25, 0.3) is 0 Å². The lowest BCUT2D eigenvalue weighted by Crippen LogP contribution is -2.02. The van der Waals surface area contributed by atoms with E-state index in [0.717, 1.165) is 32.2 Å². The van der Waals surface area contributed by atoms with Gasteiger partial charge in [0.1, 0.15) is 0 Å². The molecule has 0 spiro atoms. The van der Waals surface area contributed by atoms with Crippen LogP contribution >= 0.6 is 0 Å². The minimum absolute atomic E-state index is 0.741. The zero-order chi connectivity index (χ0) is 16.9. The van der Waals surface area contributed by atoms with E-state index >= 15 is 0 Å². The summed E-state index contributed by atoms with van der Waals surface area (Å²) < 4.78 is 0. The molecule has 4 aliphatic rings. The van der Waals surface area contributed by atoms with E-state index in [9.17, 15) is 0 Å². The SMILES string of the molecule is C(=NCc1ccccc1)c1cc2ccc1CCc1ccc(cc1)CC2. The molecular weight excluding hydrogens is 302 g/mol. The predicted molar refractivity (Wildman–Crippen MR) is 105 cm³/mol. The molecule has 0 saturated heterocycles. The van der Waals surface area contributed by atoms with Gasteiger partial charge in [-0.25, -0.2) is 0 Å². The topological polar surface area (TPSA) is 12.4 Å². The van der Waals surface area contributed by atoms with E-state index in [1.807, 2.05) is 6.07 Å². The maximum Gasteiger partial charge on any atom is 0.0639 e. The molecule has 0 fully saturated rings. The Labute approximate surface area is 150 Å². The minimum Gasteiger partial charge on any atom is -0.288 e. The molecule has 0 radical (unpaired) electrons. The minimum atomic E-state index is 0.741. The summed E-state index contributed by atoms with van der Waals surface area (Å²) in [5, 5.41) is 0. The number of aryl methyl sites for hydroxylation is 4. The molecule has 25 heavy (non-hydrogen) atoms. The average Bonchev–Trinajstić information content (AvgIpc) is 2.65. The van der Waals surface area contributed by atoms with E-state index in [-0.39, 0.29) is 0 Å². The van der Waals surface area contributed by atoms with Gasteiger partial charge in [0.05, 0.1) is 6.54 Å². The molecule has 0 saturated carbocycles. The molecule has 0 unspecified atom stereocenters. The van der Waals surface area contributed by atoms with Crippen LogP contribution in [0, 0.1) is 0 Å². The highest BCUT2D eigenvalue weighted by Crippen LogP contribution is 2.18. The van der Waals surface area contributed by atoms with Crippen LogP contribution in [0.15, 0.2) is 77.8 Å². The summed E-state index contributed by atoms with van der Waals surface area (Å²) in [5.41, 5.74) is 8.17. The van der Waals surface area contributed by atoms with E-state index in [4.69, 9.17) is 4.99 Å². The number of benzene rings is 3. The van der Waals surface area contributed by atoms with E-state index in [1.165, 1.54) is 33.4 Å². The van der Waals surface area contributed by atoms with Crippen molar-refractivity contribution in [3.05, 3.63) is 106 Å². The highest BCUT2D eigenvalue weighted by Gasteiger charge is 2.06. The Hall–Kier alpha value is -2.67. The van der Waals surface area contributed by atoms with Crippen molar-refractivity contribution >= 4 is 6.21 Å². The first-order chi connectivity index (χ1) is 12.4. The largest absolute Gasteiger partial charge is 0.288 e. The quantitative estimate of drug-likeness (QED) is 0.588. The summed E-state index contributed by atoms with van der Waals surface area (Å²) in [7, 11) is 0. The Balaban J connectivity index is 1.58. The molecule has 0 heterocycles. The smallest absolute Gasteiger partial charge is 0.0639 e. The fourth-order valence-electron chi connectivity index (χ4n) is 3.42. The molecule has 4 bridgehead atoms. The van der Waals surface area contributed by atoms with Crippen molar-refractivity contribution in [1.82, 2.24) is 0 Å². The summed E-state index contributed by atoms with van der Waals surface area (Å²) in [4.78, 5) is 4.70. The number of hydrogen-bond donors (Lipinski definition) is 0. The molecule has 0 aliphatic heterocycles.